The Balaban J connectivity index is 2.18. The third-order valence-corrected chi connectivity index (χ3v) is 3.54. The van der Waals surface area contributed by atoms with E-state index in [0.29, 0.717) is 29.5 Å². The Morgan fingerprint density at radius 3 is 2.67 bits per heavy atom. The van der Waals surface area contributed by atoms with Gasteiger partial charge in [-0.25, -0.2) is 4.98 Å². The van der Waals surface area contributed by atoms with Gasteiger partial charge < -0.3 is 15.4 Å². The fourth-order valence-corrected chi connectivity index (χ4v) is 2.25. The first-order valence-corrected chi connectivity index (χ1v) is 8.50. The minimum atomic E-state index is -0.336. The summed E-state index contributed by atoms with van der Waals surface area (Å²) in [5.74, 6) is 1.08. The van der Waals surface area contributed by atoms with E-state index in [1.807, 2.05) is 6.92 Å². The number of methoxy groups -OCH3 is 1. The van der Waals surface area contributed by atoms with Crippen molar-refractivity contribution in [2.24, 2.45) is 0 Å². The van der Waals surface area contributed by atoms with Gasteiger partial charge in [0.2, 0.25) is 17.1 Å². The Bertz CT molecular complexity index is 678. The Kier molecular flexibility index (Phi) is 6.73. The summed E-state index contributed by atoms with van der Waals surface area (Å²) in [4.78, 5) is 28.2. The molecule has 0 saturated heterocycles. The van der Waals surface area contributed by atoms with Gasteiger partial charge in [0.25, 0.3) is 5.95 Å². The van der Waals surface area contributed by atoms with Crippen LogP contribution in [0.2, 0.25) is 0 Å². The van der Waals surface area contributed by atoms with Crippen LogP contribution in [0.25, 0.3) is 5.95 Å². The van der Waals surface area contributed by atoms with E-state index in [1.165, 1.54) is 29.9 Å². The minimum Gasteiger partial charge on any atom is -0.468 e. The molecule has 0 aliphatic carbocycles. The lowest BCUT2D eigenvalue weighted by Crippen LogP contribution is -2.13. The number of nitrogens with zero attached hydrogens (tertiary/aromatic N) is 6. The Hall–Kier alpha value is -2.43. The first kappa shape index (κ1) is 17.9. The maximum absolute atomic E-state index is 11.2. The largest absolute Gasteiger partial charge is 0.468 e. The molecule has 0 atom stereocenters. The molecule has 0 fully saturated rings. The predicted octanol–water partition coefficient (Wildman–Crippen LogP) is 0.971. The van der Waals surface area contributed by atoms with Gasteiger partial charge in [-0.1, -0.05) is 18.7 Å². The van der Waals surface area contributed by atoms with Crippen molar-refractivity contribution >= 4 is 29.6 Å². The summed E-state index contributed by atoms with van der Waals surface area (Å²) in [6, 6.07) is 0. The Morgan fingerprint density at radius 1 is 1.25 bits per heavy atom. The number of esters is 1. The number of ether oxygens (including phenoxy) is 1. The quantitative estimate of drug-likeness (QED) is 0.499. The van der Waals surface area contributed by atoms with E-state index in [2.05, 4.69) is 47.3 Å². The van der Waals surface area contributed by atoms with Gasteiger partial charge in [-0.15, -0.1) is 5.10 Å². The molecule has 2 aromatic heterocycles. The zero-order valence-electron chi connectivity index (χ0n) is 13.8. The topological polar surface area (TPSA) is 120 Å². The molecule has 0 unspecified atom stereocenters. The van der Waals surface area contributed by atoms with Crippen LogP contribution in [0.5, 0.6) is 0 Å². The first-order chi connectivity index (χ1) is 11.7. The fourth-order valence-electron chi connectivity index (χ4n) is 1.61. The lowest BCUT2D eigenvalue weighted by Gasteiger charge is -2.08. The highest BCUT2D eigenvalue weighted by Gasteiger charge is 2.11. The Morgan fingerprint density at radius 2 is 2.00 bits per heavy atom. The lowest BCUT2D eigenvalue weighted by atomic mass is 10.5. The molecule has 0 radical (unpaired) electrons. The fraction of sp³-hybridized carbons (Fsp3) is 0.538. The highest BCUT2D eigenvalue weighted by Crippen LogP contribution is 2.14. The summed E-state index contributed by atoms with van der Waals surface area (Å²) >= 11 is 1.18. The van der Waals surface area contributed by atoms with Crippen molar-refractivity contribution in [3.63, 3.8) is 0 Å². The van der Waals surface area contributed by atoms with Crippen LogP contribution >= 0.6 is 11.8 Å². The number of rotatable bonds is 9. The molecule has 2 rings (SSSR count). The van der Waals surface area contributed by atoms with Crippen LogP contribution in [0.1, 0.15) is 20.3 Å². The normalized spacial score (nSPS) is 10.5. The van der Waals surface area contributed by atoms with Gasteiger partial charge in [0.1, 0.15) is 6.33 Å². The number of thioether (sulfide) groups is 1. The minimum absolute atomic E-state index is 0.143. The molecule has 0 aliphatic rings. The van der Waals surface area contributed by atoms with Crippen LogP contribution < -0.4 is 10.6 Å². The van der Waals surface area contributed by atoms with Gasteiger partial charge in [0.05, 0.1) is 12.9 Å². The van der Waals surface area contributed by atoms with E-state index in [4.69, 9.17) is 0 Å². The molecule has 0 saturated carbocycles. The van der Waals surface area contributed by atoms with Gasteiger partial charge in [-0.3, -0.25) is 4.79 Å². The molecule has 0 amide bonds. The monoisotopic (exact) mass is 352 g/mol. The highest BCUT2D eigenvalue weighted by molar-refractivity contribution is 7.99. The molecule has 0 aromatic carbocycles. The molecule has 2 N–H and O–H groups in total. The van der Waals surface area contributed by atoms with Crippen LogP contribution in [0.15, 0.2) is 11.5 Å². The van der Waals surface area contributed by atoms with E-state index in [1.54, 1.807) is 0 Å². The first-order valence-electron chi connectivity index (χ1n) is 7.51. The van der Waals surface area contributed by atoms with Crippen LogP contribution in [0.4, 0.5) is 11.9 Å². The van der Waals surface area contributed by atoms with Crippen molar-refractivity contribution in [2.45, 2.75) is 25.4 Å². The van der Waals surface area contributed by atoms with Crippen LogP contribution in [0.3, 0.4) is 0 Å². The molecule has 0 spiro atoms. The molecule has 11 heteroatoms. The van der Waals surface area contributed by atoms with Crippen molar-refractivity contribution in [2.75, 3.05) is 36.6 Å². The maximum Gasteiger partial charge on any atom is 0.316 e. The molecular formula is C13H20N8O2S. The number of nitrogens with one attached hydrogen (secondary N) is 2. The number of carbonyl (C=O) groups is 1. The SMILES string of the molecule is CCCNc1nc(NCC)nc(-n2cnc(SCC(=O)OC)n2)n1. The highest BCUT2D eigenvalue weighted by atomic mass is 32.2. The summed E-state index contributed by atoms with van der Waals surface area (Å²) in [6.07, 6.45) is 2.45. The molecule has 0 aliphatic heterocycles. The average Bonchev–Trinajstić information content (AvgIpc) is 3.07. The van der Waals surface area contributed by atoms with Crippen molar-refractivity contribution in [1.29, 1.82) is 0 Å². The summed E-state index contributed by atoms with van der Waals surface area (Å²) < 4.78 is 6.03. The molecule has 130 valence electrons. The summed E-state index contributed by atoms with van der Waals surface area (Å²) in [5, 5.41) is 10.9. The third kappa shape index (κ3) is 5.05. The van der Waals surface area contributed by atoms with Crippen LogP contribution in [-0.2, 0) is 9.53 Å². The molecule has 10 nitrogen and oxygen atoms in total. The van der Waals surface area contributed by atoms with Crippen molar-refractivity contribution in [3.05, 3.63) is 6.33 Å². The predicted molar refractivity (Wildman–Crippen MR) is 90.4 cm³/mol. The Labute approximate surface area is 143 Å². The van der Waals surface area contributed by atoms with Crippen molar-refractivity contribution in [1.82, 2.24) is 29.7 Å². The van der Waals surface area contributed by atoms with Crippen LogP contribution in [-0.4, -0.2) is 61.6 Å². The zero-order valence-corrected chi connectivity index (χ0v) is 14.6. The van der Waals surface area contributed by atoms with Gasteiger partial charge in [0, 0.05) is 13.1 Å². The number of carbonyl (C=O) groups excluding carboxylic acids is 1. The second kappa shape index (κ2) is 9.01. The summed E-state index contributed by atoms with van der Waals surface area (Å²) in [7, 11) is 1.34. The van der Waals surface area contributed by atoms with Gasteiger partial charge in [-0.2, -0.15) is 19.6 Å². The zero-order chi connectivity index (χ0) is 17.4. The standard InChI is InChI=1S/C13H20N8O2S/c1-4-6-15-11-17-10(14-5-2)18-12(19-11)21-8-16-13(20-21)24-7-9(22)23-3/h8H,4-7H2,1-3H3,(H2,14,15,17,18,19). The van der Waals surface area contributed by atoms with E-state index in [0.717, 1.165) is 13.0 Å². The van der Waals surface area contributed by atoms with E-state index >= 15 is 0 Å². The average molecular weight is 352 g/mol. The number of hydrogen-bond acceptors (Lipinski definition) is 10. The molecule has 2 aromatic rings. The van der Waals surface area contributed by atoms with E-state index in [-0.39, 0.29) is 11.7 Å². The van der Waals surface area contributed by atoms with E-state index in [9.17, 15) is 4.79 Å². The van der Waals surface area contributed by atoms with Crippen molar-refractivity contribution < 1.29 is 9.53 Å². The number of aromatic nitrogens is 6. The summed E-state index contributed by atoms with van der Waals surface area (Å²) in [6.45, 7) is 5.46. The second-order valence-corrected chi connectivity index (χ2v) is 5.52. The van der Waals surface area contributed by atoms with Gasteiger partial charge in [-0.05, 0) is 13.3 Å². The van der Waals surface area contributed by atoms with E-state index < -0.39 is 0 Å². The summed E-state index contributed by atoms with van der Waals surface area (Å²) in [5.41, 5.74) is 0. The van der Waals surface area contributed by atoms with Crippen molar-refractivity contribution in [3.8, 4) is 5.95 Å². The lowest BCUT2D eigenvalue weighted by molar-refractivity contribution is -0.137. The second-order valence-electron chi connectivity index (χ2n) is 4.58. The number of hydrogen-bond donors (Lipinski definition) is 2. The molecule has 24 heavy (non-hydrogen) atoms. The molecule has 2 heterocycles. The number of anilines is 2. The third-order valence-electron chi connectivity index (χ3n) is 2.71. The van der Waals surface area contributed by atoms with Crippen LogP contribution in [0, 0.1) is 0 Å². The van der Waals surface area contributed by atoms with Gasteiger partial charge in [0.15, 0.2) is 0 Å². The smallest absolute Gasteiger partial charge is 0.316 e. The maximum atomic E-state index is 11.2. The van der Waals surface area contributed by atoms with Gasteiger partial charge >= 0.3 is 5.97 Å². The molecule has 0 bridgehead atoms. The molecular weight excluding hydrogens is 332 g/mol.